The highest BCUT2D eigenvalue weighted by Gasteiger charge is 2.31. The van der Waals surface area contributed by atoms with Gasteiger partial charge in [0.05, 0.1) is 13.2 Å². The van der Waals surface area contributed by atoms with Gasteiger partial charge < -0.3 is 9.84 Å². The number of nitrogens with zero attached hydrogens (tertiary/aromatic N) is 1. The molecule has 1 N–H and O–H groups in total. The van der Waals surface area contributed by atoms with Crippen LogP contribution in [-0.4, -0.2) is 35.7 Å². The fourth-order valence-corrected chi connectivity index (χ4v) is 3.30. The quantitative estimate of drug-likeness (QED) is 0.896. The number of rotatable bonds is 5. The van der Waals surface area contributed by atoms with Crippen LogP contribution < -0.4 is 4.74 Å². The van der Waals surface area contributed by atoms with Crippen molar-refractivity contribution in [2.24, 2.45) is 0 Å². The molecule has 1 aromatic rings. The van der Waals surface area contributed by atoms with Crippen molar-refractivity contribution in [3.8, 4) is 5.75 Å². The smallest absolute Gasteiger partial charge is 0.124 e. The highest BCUT2D eigenvalue weighted by Crippen LogP contribution is 2.31. The summed E-state index contributed by atoms with van der Waals surface area (Å²) in [5, 5.41) is 10.6. The molecule has 3 nitrogen and oxygen atoms in total. The molecule has 0 aromatic heterocycles. The lowest BCUT2D eigenvalue weighted by molar-refractivity contribution is 0.0842. The van der Waals surface area contributed by atoms with E-state index in [0.29, 0.717) is 18.6 Å². The predicted molar refractivity (Wildman–Crippen MR) is 82.2 cm³/mol. The van der Waals surface area contributed by atoms with Gasteiger partial charge in [-0.15, -0.1) is 0 Å². The number of hydrogen-bond acceptors (Lipinski definition) is 3. The number of hydrogen-bond donors (Lipinski definition) is 1. The van der Waals surface area contributed by atoms with E-state index < -0.39 is 6.10 Å². The van der Waals surface area contributed by atoms with Gasteiger partial charge in [-0.1, -0.05) is 18.6 Å². The maximum atomic E-state index is 10.6. The first-order valence-electron chi connectivity index (χ1n) is 7.65. The Hall–Kier alpha value is -1.06. The van der Waals surface area contributed by atoms with Gasteiger partial charge >= 0.3 is 0 Å². The largest absolute Gasteiger partial charge is 0.496 e. The summed E-state index contributed by atoms with van der Waals surface area (Å²) in [6.45, 7) is 7.23. The molecule has 1 heterocycles. The number of likely N-dealkylation sites (tertiary alicyclic amines) is 1. The maximum Gasteiger partial charge on any atom is 0.124 e. The minimum Gasteiger partial charge on any atom is -0.496 e. The first kappa shape index (κ1) is 15.3. The van der Waals surface area contributed by atoms with E-state index in [1.807, 2.05) is 25.1 Å². The van der Waals surface area contributed by atoms with E-state index in [1.54, 1.807) is 7.11 Å². The monoisotopic (exact) mass is 277 g/mol. The first-order valence-corrected chi connectivity index (χ1v) is 7.65. The third-order valence-electron chi connectivity index (χ3n) is 4.55. The number of methoxy groups -OCH3 is 1. The average molecular weight is 277 g/mol. The summed E-state index contributed by atoms with van der Waals surface area (Å²) in [6, 6.07) is 7.16. The second kappa shape index (κ2) is 6.59. The molecule has 0 bridgehead atoms. The van der Waals surface area contributed by atoms with Crippen LogP contribution in [0.5, 0.6) is 5.75 Å². The van der Waals surface area contributed by atoms with E-state index in [-0.39, 0.29) is 0 Å². The molecule has 0 amide bonds. The second-order valence-corrected chi connectivity index (χ2v) is 5.95. The van der Waals surface area contributed by atoms with Gasteiger partial charge in [0.15, 0.2) is 0 Å². The molecule has 3 atom stereocenters. The van der Waals surface area contributed by atoms with Crippen LogP contribution in [0.2, 0.25) is 0 Å². The van der Waals surface area contributed by atoms with Crippen LogP contribution in [0.3, 0.4) is 0 Å². The van der Waals surface area contributed by atoms with E-state index in [2.05, 4.69) is 18.7 Å². The average Bonchev–Trinajstić information content (AvgIpc) is 2.79. The molecule has 0 radical (unpaired) electrons. The summed E-state index contributed by atoms with van der Waals surface area (Å²) in [5.74, 6) is 0.781. The van der Waals surface area contributed by atoms with E-state index in [0.717, 1.165) is 23.3 Å². The zero-order valence-corrected chi connectivity index (χ0v) is 13.1. The number of ether oxygens (including phenoxy) is 1. The van der Waals surface area contributed by atoms with Gasteiger partial charge in [-0.25, -0.2) is 0 Å². The Morgan fingerprint density at radius 3 is 2.80 bits per heavy atom. The van der Waals surface area contributed by atoms with E-state index in [9.17, 15) is 5.11 Å². The summed E-state index contributed by atoms with van der Waals surface area (Å²) in [5.41, 5.74) is 2.06. The highest BCUT2D eigenvalue weighted by atomic mass is 16.5. The summed E-state index contributed by atoms with van der Waals surface area (Å²) >= 11 is 0. The predicted octanol–water partition coefficient (Wildman–Crippen LogP) is 3.30. The number of aliphatic hydroxyl groups excluding tert-OH is 1. The SMILES string of the molecule is CCC1CCC(C)N1CC(O)c1cc(C)ccc1OC. The molecular formula is C17H27NO2. The van der Waals surface area contributed by atoms with E-state index in [4.69, 9.17) is 4.74 Å². The fourth-order valence-electron chi connectivity index (χ4n) is 3.30. The third kappa shape index (κ3) is 3.15. The Balaban J connectivity index is 2.15. The van der Waals surface area contributed by atoms with Crippen molar-refractivity contribution >= 4 is 0 Å². The van der Waals surface area contributed by atoms with Crippen molar-refractivity contribution in [1.29, 1.82) is 0 Å². The van der Waals surface area contributed by atoms with Crippen LogP contribution in [-0.2, 0) is 0 Å². The van der Waals surface area contributed by atoms with Crippen LogP contribution in [0.15, 0.2) is 18.2 Å². The van der Waals surface area contributed by atoms with E-state index >= 15 is 0 Å². The molecule has 1 aromatic carbocycles. The van der Waals surface area contributed by atoms with Crippen molar-refractivity contribution in [2.45, 2.75) is 58.2 Å². The summed E-state index contributed by atoms with van der Waals surface area (Å²) in [6.07, 6.45) is 3.15. The zero-order chi connectivity index (χ0) is 14.7. The standard InChI is InChI=1S/C17H27NO2/c1-5-14-8-7-13(3)18(14)11-16(19)15-10-12(2)6-9-17(15)20-4/h6,9-10,13-14,16,19H,5,7-8,11H2,1-4H3. The van der Waals surface area contributed by atoms with E-state index in [1.165, 1.54) is 12.8 Å². The van der Waals surface area contributed by atoms with Gasteiger partial charge in [0.1, 0.15) is 5.75 Å². The lowest BCUT2D eigenvalue weighted by atomic mass is 10.0. The van der Waals surface area contributed by atoms with Crippen LogP contribution in [0, 0.1) is 6.92 Å². The molecule has 0 spiro atoms. The fraction of sp³-hybridized carbons (Fsp3) is 0.647. The van der Waals surface area contributed by atoms with Crippen LogP contribution in [0.4, 0.5) is 0 Å². The number of aliphatic hydroxyl groups is 1. The minimum atomic E-state index is -0.487. The number of aryl methyl sites for hydroxylation is 1. The molecule has 3 heteroatoms. The summed E-state index contributed by atoms with van der Waals surface area (Å²) in [7, 11) is 1.66. The van der Waals surface area contributed by atoms with Crippen molar-refractivity contribution in [1.82, 2.24) is 4.90 Å². The topological polar surface area (TPSA) is 32.7 Å². The molecule has 1 aliphatic rings. The Labute approximate surface area is 122 Å². The molecule has 1 saturated heterocycles. The Kier molecular flexibility index (Phi) is 5.06. The molecular weight excluding hydrogens is 250 g/mol. The molecule has 112 valence electrons. The van der Waals surface area contributed by atoms with Crippen molar-refractivity contribution in [3.63, 3.8) is 0 Å². The highest BCUT2D eigenvalue weighted by molar-refractivity contribution is 5.38. The van der Waals surface area contributed by atoms with Gasteiger partial charge in [-0.2, -0.15) is 0 Å². The minimum absolute atomic E-state index is 0.487. The maximum absolute atomic E-state index is 10.6. The molecule has 1 fully saturated rings. The molecule has 1 aliphatic heterocycles. The molecule has 3 unspecified atom stereocenters. The lowest BCUT2D eigenvalue weighted by Crippen LogP contribution is -2.37. The van der Waals surface area contributed by atoms with Crippen molar-refractivity contribution < 1.29 is 9.84 Å². The Bertz CT molecular complexity index is 447. The van der Waals surface area contributed by atoms with Gasteiger partial charge in [-0.05, 0) is 45.2 Å². The summed E-state index contributed by atoms with van der Waals surface area (Å²) < 4.78 is 5.39. The zero-order valence-electron chi connectivity index (χ0n) is 13.1. The molecule has 2 rings (SSSR count). The second-order valence-electron chi connectivity index (χ2n) is 5.95. The van der Waals surface area contributed by atoms with Crippen LogP contribution in [0.25, 0.3) is 0 Å². The number of benzene rings is 1. The normalized spacial score (nSPS) is 24.9. The number of β-amino-alcohol motifs (C(OH)–C–C–N with tert-alkyl or cyclic N) is 1. The van der Waals surface area contributed by atoms with Crippen LogP contribution >= 0.6 is 0 Å². The Morgan fingerprint density at radius 2 is 2.15 bits per heavy atom. The van der Waals surface area contributed by atoms with Crippen molar-refractivity contribution in [2.75, 3.05) is 13.7 Å². The Morgan fingerprint density at radius 1 is 1.40 bits per heavy atom. The van der Waals surface area contributed by atoms with Crippen molar-refractivity contribution in [3.05, 3.63) is 29.3 Å². The van der Waals surface area contributed by atoms with Crippen LogP contribution in [0.1, 0.15) is 50.3 Å². The molecule has 0 aliphatic carbocycles. The lowest BCUT2D eigenvalue weighted by Gasteiger charge is -2.30. The summed E-state index contributed by atoms with van der Waals surface area (Å²) in [4.78, 5) is 2.45. The first-order chi connectivity index (χ1) is 9.56. The van der Waals surface area contributed by atoms with Gasteiger partial charge in [0, 0.05) is 24.2 Å². The van der Waals surface area contributed by atoms with Gasteiger partial charge in [0.25, 0.3) is 0 Å². The van der Waals surface area contributed by atoms with Gasteiger partial charge in [-0.3, -0.25) is 4.90 Å². The molecule has 0 saturated carbocycles. The molecule has 20 heavy (non-hydrogen) atoms. The van der Waals surface area contributed by atoms with Gasteiger partial charge in [0.2, 0.25) is 0 Å². The third-order valence-corrected chi connectivity index (χ3v) is 4.55.